The molecule has 1 aromatic heterocycles. The van der Waals surface area contributed by atoms with Crippen LogP contribution in [0.1, 0.15) is 46.6 Å². The number of hydrogen-bond acceptors (Lipinski definition) is 5. The summed E-state index contributed by atoms with van der Waals surface area (Å²) in [5.74, 6) is -0.891. The summed E-state index contributed by atoms with van der Waals surface area (Å²) in [6.07, 6.45) is -3.02. The predicted octanol–water partition coefficient (Wildman–Crippen LogP) is 4.52. The average molecular weight is 605 g/mol. The fraction of sp³-hybridized carbons (Fsp3) is 0.394. The molecule has 0 radical (unpaired) electrons. The fourth-order valence-electron chi connectivity index (χ4n) is 6.60. The molecule has 0 aliphatic carbocycles. The number of nitrogens with one attached hydrogen (secondary N) is 2. The number of nitrogens with zero attached hydrogens (tertiary/aromatic N) is 4. The molecule has 11 heteroatoms. The molecule has 44 heavy (non-hydrogen) atoms. The van der Waals surface area contributed by atoms with Gasteiger partial charge in [-0.1, -0.05) is 59.3 Å². The summed E-state index contributed by atoms with van der Waals surface area (Å²) in [6, 6.07) is 18.1. The van der Waals surface area contributed by atoms with Crippen LogP contribution in [0.5, 0.6) is 0 Å². The Balaban J connectivity index is 1.18. The molecule has 0 saturated carbocycles. The summed E-state index contributed by atoms with van der Waals surface area (Å²) in [5, 5.41) is 14.3. The molecule has 230 valence electrons. The van der Waals surface area contributed by atoms with Crippen LogP contribution in [0.3, 0.4) is 0 Å². The number of hydrogen-bond donors (Lipinski definition) is 2. The highest BCUT2D eigenvalue weighted by Gasteiger charge is 2.44. The van der Waals surface area contributed by atoms with Crippen molar-refractivity contribution in [2.45, 2.75) is 56.9 Å². The Bertz CT molecular complexity index is 1670. The number of carbonyl (C=O) groups is 2. The molecule has 3 heterocycles. The van der Waals surface area contributed by atoms with E-state index >= 15 is 0 Å². The van der Waals surface area contributed by atoms with E-state index in [0.29, 0.717) is 13.0 Å². The highest BCUT2D eigenvalue weighted by molar-refractivity contribution is 5.91. The van der Waals surface area contributed by atoms with Gasteiger partial charge in [-0.2, -0.15) is 13.2 Å². The number of alkyl halides is 3. The van der Waals surface area contributed by atoms with Gasteiger partial charge in [0.1, 0.15) is 11.6 Å². The minimum absolute atomic E-state index is 0.0662. The van der Waals surface area contributed by atoms with E-state index in [4.69, 9.17) is 0 Å². The van der Waals surface area contributed by atoms with Gasteiger partial charge >= 0.3 is 6.18 Å². The Morgan fingerprint density at radius 3 is 2.55 bits per heavy atom. The minimum Gasteiger partial charge on any atom is -0.350 e. The quantitative estimate of drug-likeness (QED) is 0.324. The van der Waals surface area contributed by atoms with Gasteiger partial charge in [0.2, 0.25) is 11.8 Å². The number of fused-ring (bicyclic) bond motifs is 1. The van der Waals surface area contributed by atoms with Gasteiger partial charge in [0.05, 0.1) is 17.1 Å². The molecule has 2 aliphatic heterocycles. The number of aromatic nitrogens is 3. The molecule has 6 rings (SSSR count). The van der Waals surface area contributed by atoms with E-state index in [2.05, 4.69) is 33.1 Å². The van der Waals surface area contributed by atoms with Crippen molar-refractivity contribution < 1.29 is 22.8 Å². The van der Waals surface area contributed by atoms with Crippen LogP contribution in [-0.4, -0.2) is 56.9 Å². The second kappa shape index (κ2) is 12.0. The van der Waals surface area contributed by atoms with Gasteiger partial charge in [-0.25, -0.2) is 4.68 Å². The van der Waals surface area contributed by atoms with E-state index in [1.807, 2.05) is 44.3 Å². The van der Waals surface area contributed by atoms with Crippen LogP contribution in [-0.2, 0) is 35.8 Å². The van der Waals surface area contributed by atoms with Crippen LogP contribution in [0.25, 0.3) is 11.0 Å². The molecule has 2 N–H and O–H groups in total. The second-order valence-corrected chi connectivity index (χ2v) is 12.0. The molecule has 2 amide bonds. The smallest absolute Gasteiger partial charge is 0.350 e. The van der Waals surface area contributed by atoms with Crippen LogP contribution >= 0.6 is 0 Å². The number of benzene rings is 3. The van der Waals surface area contributed by atoms with E-state index in [9.17, 15) is 22.8 Å². The number of carbonyl (C=O) groups excluding carboxylic acids is 2. The zero-order valence-electron chi connectivity index (χ0n) is 24.6. The minimum atomic E-state index is -4.47. The van der Waals surface area contributed by atoms with Gasteiger partial charge in [-0.3, -0.25) is 9.59 Å². The lowest BCUT2D eigenvalue weighted by Crippen LogP contribution is -2.51. The predicted molar refractivity (Wildman–Crippen MR) is 159 cm³/mol. The molecule has 0 bridgehead atoms. The molecular formula is C33H35F3N6O2. The van der Waals surface area contributed by atoms with E-state index in [-0.39, 0.29) is 42.8 Å². The van der Waals surface area contributed by atoms with E-state index in [1.165, 1.54) is 12.1 Å². The zero-order valence-corrected chi connectivity index (χ0v) is 24.6. The molecule has 4 atom stereocenters. The molecule has 2 saturated heterocycles. The summed E-state index contributed by atoms with van der Waals surface area (Å²) in [5.41, 5.74) is 4.28. The van der Waals surface area contributed by atoms with Crippen LogP contribution in [0, 0.1) is 12.8 Å². The molecule has 4 aromatic rings. The Morgan fingerprint density at radius 1 is 1.02 bits per heavy atom. The van der Waals surface area contributed by atoms with Gasteiger partial charge in [0.25, 0.3) is 0 Å². The summed E-state index contributed by atoms with van der Waals surface area (Å²) in [4.78, 5) is 29.2. The highest BCUT2D eigenvalue weighted by atomic mass is 19.4. The number of aryl methyl sites for hydroxylation is 2. The van der Waals surface area contributed by atoms with Crippen LogP contribution in [0.2, 0.25) is 0 Å². The maximum absolute atomic E-state index is 13.9. The van der Waals surface area contributed by atoms with E-state index in [0.717, 1.165) is 40.2 Å². The summed E-state index contributed by atoms with van der Waals surface area (Å²) in [6.45, 7) is 2.95. The van der Waals surface area contributed by atoms with Crippen LogP contribution in [0.15, 0.2) is 66.7 Å². The van der Waals surface area contributed by atoms with Crippen molar-refractivity contribution in [2.24, 2.45) is 13.0 Å². The van der Waals surface area contributed by atoms with Crippen molar-refractivity contribution in [1.29, 1.82) is 0 Å². The molecule has 2 fully saturated rings. The molecule has 0 spiro atoms. The van der Waals surface area contributed by atoms with Crippen molar-refractivity contribution in [3.8, 4) is 0 Å². The Morgan fingerprint density at radius 2 is 1.77 bits per heavy atom. The fourth-order valence-corrected chi connectivity index (χ4v) is 6.60. The normalized spacial score (nSPS) is 22.1. The van der Waals surface area contributed by atoms with Crippen molar-refractivity contribution in [2.75, 3.05) is 13.1 Å². The van der Waals surface area contributed by atoms with Crippen molar-refractivity contribution in [1.82, 2.24) is 30.5 Å². The molecule has 1 unspecified atom stereocenters. The third kappa shape index (κ3) is 6.19. The van der Waals surface area contributed by atoms with Gasteiger partial charge in [0.15, 0.2) is 0 Å². The first-order valence-electron chi connectivity index (χ1n) is 14.9. The monoisotopic (exact) mass is 604 g/mol. The lowest BCUT2D eigenvalue weighted by Gasteiger charge is -2.27. The third-order valence-corrected chi connectivity index (χ3v) is 8.90. The summed E-state index contributed by atoms with van der Waals surface area (Å²) < 4.78 is 42.8. The summed E-state index contributed by atoms with van der Waals surface area (Å²) in [7, 11) is 1.81. The van der Waals surface area contributed by atoms with Crippen molar-refractivity contribution in [3.05, 3.63) is 94.5 Å². The van der Waals surface area contributed by atoms with E-state index < -0.39 is 29.7 Å². The number of halogens is 3. The van der Waals surface area contributed by atoms with Crippen molar-refractivity contribution >= 4 is 22.8 Å². The van der Waals surface area contributed by atoms with Gasteiger partial charge in [-0.15, -0.1) is 5.10 Å². The first-order chi connectivity index (χ1) is 21.1. The van der Waals surface area contributed by atoms with E-state index in [1.54, 1.807) is 15.6 Å². The number of rotatable bonds is 7. The molecule has 3 aromatic carbocycles. The SMILES string of the molecule is Cc1ccc(C[C@@H]2C[C@@H](C(=O)NCc3ccc4c(c3)nnn4C)N(C(=O)[C@H]3CC(c4ccccc4C(F)(F)F)CN3)C2)cc1. The largest absolute Gasteiger partial charge is 0.416 e. The van der Waals surface area contributed by atoms with Crippen molar-refractivity contribution in [3.63, 3.8) is 0 Å². The average Bonchev–Trinajstić information content (AvgIpc) is 3.75. The molecule has 8 nitrogen and oxygen atoms in total. The second-order valence-electron chi connectivity index (χ2n) is 12.0. The first kappa shape index (κ1) is 29.8. The third-order valence-electron chi connectivity index (χ3n) is 8.90. The standard InChI is InChI=1S/C33H35F3N6O2/c1-20-7-9-21(10-8-20)13-23-15-30(31(43)38-17-22-11-12-29-27(14-22)39-40-41(29)2)42(19-23)32(44)28-16-24(18-37-28)25-5-3-4-6-26(25)33(34,35)36/h3-12,14,23-24,28,30,37H,13,15-19H2,1-2H3,(H,38,43)/t23-,24?,28-,30+/m1/s1. The molecular weight excluding hydrogens is 569 g/mol. The van der Waals surface area contributed by atoms with Gasteiger partial charge < -0.3 is 15.5 Å². The highest BCUT2D eigenvalue weighted by Crippen LogP contribution is 2.38. The molecule has 2 aliphatic rings. The number of amides is 2. The maximum Gasteiger partial charge on any atom is 0.416 e. The Hall–Kier alpha value is -4.25. The Labute approximate surface area is 253 Å². The van der Waals surface area contributed by atoms with Gasteiger partial charge in [-0.05, 0) is 72.9 Å². The number of likely N-dealkylation sites (tertiary alicyclic amines) is 1. The lowest BCUT2D eigenvalue weighted by atomic mass is 9.91. The summed E-state index contributed by atoms with van der Waals surface area (Å²) >= 11 is 0. The Kier molecular flexibility index (Phi) is 8.15. The first-order valence-corrected chi connectivity index (χ1v) is 14.9. The van der Waals surface area contributed by atoms with Crippen LogP contribution in [0.4, 0.5) is 13.2 Å². The maximum atomic E-state index is 13.9. The lowest BCUT2D eigenvalue weighted by molar-refractivity contribution is -0.139. The zero-order chi connectivity index (χ0) is 31.0. The van der Waals surface area contributed by atoms with Gasteiger partial charge in [0, 0.05) is 26.7 Å². The topological polar surface area (TPSA) is 92.2 Å². The van der Waals surface area contributed by atoms with Crippen LogP contribution < -0.4 is 10.6 Å².